The average Bonchev–Trinajstić information content (AvgIpc) is 2.32. The van der Waals surface area contributed by atoms with Crippen LogP contribution in [0.5, 0.6) is 0 Å². The van der Waals surface area contributed by atoms with Crippen molar-refractivity contribution in [3.63, 3.8) is 0 Å². The first kappa shape index (κ1) is 13.1. The minimum absolute atomic E-state index is 0.00210. The fourth-order valence-corrected chi connectivity index (χ4v) is 2.03. The van der Waals surface area contributed by atoms with E-state index >= 15 is 0 Å². The van der Waals surface area contributed by atoms with Gasteiger partial charge in [-0.15, -0.1) is 0 Å². The van der Waals surface area contributed by atoms with Crippen molar-refractivity contribution in [1.82, 2.24) is 4.90 Å². The Morgan fingerprint density at radius 2 is 2.06 bits per heavy atom. The second-order valence-electron chi connectivity index (χ2n) is 3.81. The van der Waals surface area contributed by atoms with Crippen molar-refractivity contribution >= 4 is 34.6 Å². The van der Waals surface area contributed by atoms with Crippen LogP contribution in [-0.4, -0.2) is 24.1 Å². The van der Waals surface area contributed by atoms with Gasteiger partial charge in [0, 0.05) is 12.6 Å². The smallest absolute Gasteiger partial charge is 0.203 e. The lowest BCUT2D eigenvalue weighted by Gasteiger charge is -2.28. The van der Waals surface area contributed by atoms with Gasteiger partial charge in [0.2, 0.25) is 5.95 Å². The molecule has 18 heavy (non-hydrogen) atoms. The summed E-state index contributed by atoms with van der Waals surface area (Å²) in [5.74, 6) is -0.582. The summed E-state index contributed by atoms with van der Waals surface area (Å²) in [6.07, 6.45) is -0.841. The lowest BCUT2D eigenvalue weighted by Crippen LogP contribution is -2.42. The molecule has 4 nitrogen and oxygen atoms in total. The summed E-state index contributed by atoms with van der Waals surface area (Å²) in [4.78, 5) is 5.11. The zero-order chi connectivity index (χ0) is 13.4. The van der Waals surface area contributed by atoms with E-state index in [9.17, 15) is 4.39 Å². The SMILES string of the molecule is CN1C(F)=C(c2cccc(Cl)c2Cl)C(N)=NC1N. The van der Waals surface area contributed by atoms with E-state index in [2.05, 4.69) is 4.99 Å². The molecule has 1 aromatic carbocycles. The molecule has 1 atom stereocenters. The molecule has 1 aromatic rings. The first-order chi connectivity index (χ1) is 8.43. The highest BCUT2D eigenvalue weighted by Gasteiger charge is 2.27. The topological polar surface area (TPSA) is 67.6 Å². The zero-order valence-electron chi connectivity index (χ0n) is 9.49. The fourth-order valence-electron chi connectivity index (χ4n) is 1.64. The maximum Gasteiger partial charge on any atom is 0.203 e. The lowest BCUT2D eigenvalue weighted by atomic mass is 10.0. The van der Waals surface area contributed by atoms with Crippen molar-refractivity contribution in [3.05, 3.63) is 39.8 Å². The molecule has 0 aromatic heterocycles. The summed E-state index contributed by atoms with van der Waals surface area (Å²) in [5.41, 5.74) is 11.8. The molecule has 0 saturated carbocycles. The quantitative estimate of drug-likeness (QED) is 0.779. The molecule has 2 rings (SSSR count). The number of amidine groups is 1. The van der Waals surface area contributed by atoms with Crippen molar-refractivity contribution in [2.24, 2.45) is 16.5 Å². The standard InChI is InChI=1S/C11H11Cl2FN4/c1-18-9(14)7(10(15)17-11(18)16)5-3-2-4-6(12)8(5)13/h2-4,11H,16H2,1H3,(H2,15,17). The van der Waals surface area contributed by atoms with Gasteiger partial charge in [-0.05, 0) is 6.07 Å². The van der Waals surface area contributed by atoms with E-state index in [1.54, 1.807) is 18.2 Å². The van der Waals surface area contributed by atoms with Crippen molar-refractivity contribution in [2.75, 3.05) is 7.05 Å². The van der Waals surface area contributed by atoms with E-state index in [4.69, 9.17) is 34.7 Å². The maximum absolute atomic E-state index is 14.2. The third-order valence-electron chi connectivity index (χ3n) is 2.66. The van der Waals surface area contributed by atoms with Gasteiger partial charge < -0.3 is 10.6 Å². The van der Waals surface area contributed by atoms with Gasteiger partial charge in [0.25, 0.3) is 0 Å². The van der Waals surface area contributed by atoms with Gasteiger partial charge in [0.1, 0.15) is 5.84 Å². The van der Waals surface area contributed by atoms with Gasteiger partial charge in [0.15, 0.2) is 6.29 Å². The van der Waals surface area contributed by atoms with Crippen LogP contribution in [-0.2, 0) is 0 Å². The third kappa shape index (κ3) is 2.05. The van der Waals surface area contributed by atoms with E-state index in [0.717, 1.165) is 0 Å². The number of hydrogen-bond donors (Lipinski definition) is 2. The molecule has 1 aliphatic heterocycles. The average molecular weight is 289 g/mol. The summed E-state index contributed by atoms with van der Waals surface area (Å²) < 4.78 is 14.2. The Bertz CT molecular complexity index is 556. The maximum atomic E-state index is 14.2. The summed E-state index contributed by atoms with van der Waals surface area (Å²) in [6, 6.07) is 4.89. The molecule has 0 saturated heterocycles. The Morgan fingerprint density at radius 1 is 1.39 bits per heavy atom. The molecule has 0 amide bonds. The highest BCUT2D eigenvalue weighted by atomic mass is 35.5. The summed E-state index contributed by atoms with van der Waals surface area (Å²) in [7, 11) is 1.48. The molecular weight excluding hydrogens is 278 g/mol. The normalized spacial score (nSPS) is 20.2. The molecule has 7 heteroatoms. The number of halogens is 3. The first-order valence-corrected chi connectivity index (χ1v) is 5.85. The van der Waals surface area contributed by atoms with Gasteiger partial charge in [-0.25, -0.2) is 4.99 Å². The van der Waals surface area contributed by atoms with Crippen LogP contribution in [0.4, 0.5) is 4.39 Å². The Kier molecular flexibility index (Phi) is 3.47. The van der Waals surface area contributed by atoms with Crippen molar-refractivity contribution in [1.29, 1.82) is 0 Å². The second kappa shape index (κ2) is 4.76. The molecule has 1 heterocycles. The van der Waals surface area contributed by atoms with Crippen molar-refractivity contribution in [2.45, 2.75) is 6.29 Å². The molecular formula is C11H11Cl2FN4. The minimum atomic E-state index is -0.841. The number of nitrogens with zero attached hydrogens (tertiary/aromatic N) is 2. The van der Waals surface area contributed by atoms with E-state index in [1.165, 1.54) is 11.9 Å². The van der Waals surface area contributed by atoms with Crippen molar-refractivity contribution < 1.29 is 4.39 Å². The van der Waals surface area contributed by atoms with Crippen LogP contribution in [0.3, 0.4) is 0 Å². The number of nitrogens with two attached hydrogens (primary N) is 2. The van der Waals surface area contributed by atoms with Crippen LogP contribution in [0.25, 0.3) is 5.57 Å². The highest BCUT2D eigenvalue weighted by molar-refractivity contribution is 6.44. The van der Waals surface area contributed by atoms with Crippen LogP contribution in [0.2, 0.25) is 10.0 Å². The van der Waals surface area contributed by atoms with Gasteiger partial charge in [-0.3, -0.25) is 5.73 Å². The van der Waals surface area contributed by atoms with Crippen LogP contribution in [0.1, 0.15) is 5.56 Å². The van der Waals surface area contributed by atoms with E-state index < -0.39 is 12.2 Å². The molecule has 4 N–H and O–H groups in total. The van der Waals surface area contributed by atoms with Gasteiger partial charge in [0.05, 0.1) is 15.6 Å². The molecule has 0 fully saturated rings. The van der Waals surface area contributed by atoms with Crippen LogP contribution < -0.4 is 11.5 Å². The lowest BCUT2D eigenvalue weighted by molar-refractivity contribution is 0.250. The highest BCUT2D eigenvalue weighted by Crippen LogP contribution is 2.34. The predicted molar refractivity (Wildman–Crippen MR) is 71.9 cm³/mol. The third-order valence-corrected chi connectivity index (χ3v) is 3.48. The molecule has 0 aliphatic carbocycles. The second-order valence-corrected chi connectivity index (χ2v) is 4.59. The number of aliphatic imine (C=N–C) groups is 1. The molecule has 0 radical (unpaired) electrons. The van der Waals surface area contributed by atoms with Gasteiger partial charge in [-0.2, -0.15) is 4.39 Å². The van der Waals surface area contributed by atoms with Gasteiger partial charge >= 0.3 is 0 Å². The summed E-state index contributed by atoms with van der Waals surface area (Å²) in [6.45, 7) is 0. The fraction of sp³-hybridized carbons (Fsp3) is 0.182. The first-order valence-electron chi connectivity index (χ1n) is 5.09. The molecule has 0 spiro atoms. The Morgan fingerprint density at radius 3 is 2.72 bits per heavy atom. The summed E-state index contributed by atoms with van der Waals surface area (Å²) >= 11 is 11.9. The van der Waals surface area contributed by atoms with Crippen LogP contribution in [0.15, 0.2) is 29.1 Å². The van der Waals surface area contributed by atoms with Crippen LogP contribution in [0, 0.1) is 0 Å². The largest absolute Gasteiger partial charge is 0.383 e. The minimum Gasteiger partial charge on any atom is -0.383 e. The monoisotopic (exact) mass is 288 g/mol. The molecule has 0 bridgehead atoms. The molecule has 1 aliphatic rings. The number of rotatable bonds is 1. The Balaban J connectivity index is 2.63. The molecule has 96 valence electrons. The summed E-state index contributed by atoms with van der Waals surface area (Å²) in [5, 5.41) is 0.547. The van der Waals surface area contributed by atoms with Crippen LogP contribution >= 0.6 is 23.2 Å². The predicted octanol–water partition coefficient (Wildman–Crippen LogP) is 2.18. The van der Waals surface area contributed by atoms with Crippen molar-refractivity contribution in [3.8, 4) is 0 Å². The number of hydrogen-bond acceptors (Lipinski definition) is 4. The van der Waals surface area contributed by atoms with E-state index in [-0.39, 0.29) is 16.4 Å². The van der Waals surface area contributed by atoms with E-state index in [1.807, 2.05) is 0 Å². The zero-order valence-corrected chi connectivity index (χ0v) is 11.0. The van der Waals surface area contributed by atoms with Gasteiger partial charge in [-0.1, -0.05) is 35.3 Å². The van der Waals surface area contributed by atoms with E-state index in [0.29, 0.717) is 10.6 Å². The Hall–Kier alpha value is -1.30. The number of benzene rings is 1. The Labute approximate surface area is 114 Å². The molecule has 1 unspecified atom stereocenters.